The van der Waals surface area contributed by atoms with Gasteiger partial charge in [-0.15, -0.1) is 9.05 Å². The predicted octanol–water partition coefficient (Wildman–Crippen LogP) is 6.72. The van der Waals surface area contributed by atoms with Gasteiger partial charge in [0.05, 0.1) is 29.2 Å². The molecule has 0 unspecified atom stereocenters. The molecule has 28 heavy (non-hydrogen) atoms. The van der Waals surface area contributed by atoms with E-state index in [1.807, 2.05) is 6.92 Å². The zero-order valence-corrected chi connectivity index (χ0v) is 18.2. The molecule has 0 spiro atoms. The van der Waals surface area contributed by atoms with Crippen LogP contribution < -0.4 is 10.1 Å². The first-order valence-corrected chi connectivity index (χ1v) is 9.86. The summed E-state index contributed by atoms with van der Waals surface area (Å²) in [4.78, 5) is 10.5. The number of nitrogens with zero attached hydrogens (tertiary/aromatic N) is 1. The van der Waals surface area contributed by atoms with E-state index >= 15 is 0 Å². The van der Waals surface area contributed by atoms with Crippen molar-refractivity contribution in [3.05, 3.63) is 55.5 Å². The van der Waals surface area contributed by atoms with Crippen LogP contribution in [0.2, 0.25) is 15.1 Å². The molecule has 0 aliphatic carbocycles. The number of nitro benzene ring substituents is 1. The van der Waals surface area contributed by atoms with Crippen molar-refractivity contribution < 1.29 is 23.3 Å². The lowest BCUT2D eigenvalue weighted by Gasteiger charge is -2.12. The summed E-state index contributed by atoms with van der Waals surface area (Å²) in [6.45, 7) is 2.37. The Kier molecular flexibility index (Phi) is 10.5. The molecule has 0 atom stereocenters. The highest BCUT2D eigenvalue weighted by molar-refractivity contribution is 7.33. The Hall–Kier alpha value is -1.67. The summed E-state index contributed by atoms with van der Waals surface area (Å²) >= 11 is 17.9. The maximum absolute atomic E-state index is 11.0. The molecule has 0 saturated carbocycles. The monoisotopic (exact) mass is 469 g/mol. The van der Waals surface area contributed by atoms with Crippen LogP contribution in [0.25, 0.3) is 0 Å². The van der Waals surface area contributed by atoms with Crippen molar-refractivity contribution in [2.24, 2.45) is 0 Å². The average Bonchev–Trinajstić information content (AvgIpc) is 2.64. The largest absolute Gasteiger partial charge is 0.696 e. The third-order valence-electron chi connectivity index (χ3n) is 3.01. The Labute approximate surface area is 177 Å². The van der Waals surface area contributed by atoms with Crippen molar-refractivity contribution in [3.63, 3.8) is 0 Å². The van der Waals surface area contributed by atoms with Gasteiger partial charge in [-0.05, 0) is 25.1 Å². The van der Waals surface area contributed by atoms with Gasteiger partial charge in [0.2, 0.25) is 0 Å². The van der Waals surface area contributed by atoms with Crippen molar-refractivity contribution in [1.82, 2.24) is 0 Å². The van der Waals surface area contributed by atoms with E-state index in [-0.39, 0.29) is 21.5 Å². The molecule has 0 saturated heterocycles. The number of hydrogen-bond acceptors (Lipinski definition) is 7. The summed E-state index contributed by atoms with van der Waals surface area (Å²) in [6.07, 6.45) is 0. The Morgan fingerprint density at radius 2 is 1.68 bits per heavy atom. The molecule has 0 amide bonds. The molecule has 12 heteroatoms. The third kappa shape index (κ3) is 7.39. The molecule has 0 fully saturated rings. The minimum absolute atomic E-state index is 0.0394. The van der Waals surface area contributed by atoms with Crippen LogP contribution in [-0.4, -0.2) is 25.7 Å². The quantitative estimate of drug-likeness (QED) is 0.272. The smallest absolute Gasteiger partial charge is 0.454 e. The minimum atomic E-state index is -1.83. The zero-order chi connectivity index (χ0) is 21.3. The fourth-order valence-electron chi connectivity index (χ4n) is 1.89. The van der Waals surface area contributed by atoms with Gasteiger partial charge < -0.3 is 10.1 Å². The molecule has 8 nitrogen and oxygen atoms in total. The maximum atomic E-state index is 11.0. The molecular formula is C16H17Cl3N2O6P+. The van der Waals surface area contributed by atoms with Gasteiger partial charge in [0.1, 0.15) is 11.4 Å². The predicted molar refractivity (Wildman–Crippen MR) is 110 cm³/mol. The van der Waals surface area contributed by atoms with Gasteiger partial charge in [-0.25, -0.2) is 0 Å². The highest BCUT2D eigenvalue weighted by Crippen LogP contribution is 2.40. The normalized spacial score (nSPS) is 9.93. The molecule has 0 aliphatic rings. The zero-order valence-electron chi connectivity index (χ0n) is 15.1. The number of halogens is 3. The highest BCUT2D eigenvalue weighted by Gasteiger charge is 2.16. The first-order valence-electron chi connectivity index (χ1n) is 7.63. The van der Waals surface area contributed by atoms with Crippen molar-refractivity contribution in [2.75, 3.05) is 26.1 Å². The van der Waals surface area contributed by atoms with E-state index in [1.54, 1.807) is 0 Å². The van der Waals surface area contributed by atoms with Gasteiger partial charge in [-0.3, -0.25) is 10.1 Å². The van der Waals surface area contributed by atoms with Gasteiger partial charge in [0.15, 0.2) is 5.75 Å². The number of anilines is 1. The van der Waals surface area contributed by atoms with Crippen LogP contribution in [0.15, 0.2) is 30.3 Å². The summed E-state index contributed by atoms with van der Waals surface area (Å²) in [7, 11) is 0.817. The Bertz CT molecular complexity index is 824. The van der Waals surface area contributed by atoms with Gasteiger partial charge in [0, 0.05) is 28.3 Å². The van der Waals surface area contributed by atoms with Crippen molar-refractivity contribution >= 4 is 54.4 Å². The average molecular weight is 471 g/mol. The molecule has 2 aromatic carbocycles. The van der Waals surface area contributed by atoms with E-state index in [1.165, 1.54) is 44.6 Å². The summed E-state index contributed by atoms with van der Waals surface area (Å²) in [5, 5.41) is 14.8. The molecule has 152 valence electrons. The van der Waals surface area contributed by atoms with E-state index < -0.39 is 13.2 Å². The molecule has 2 aromatic rings. The first kappa shape index (κ1) is 24.4. The molecule has 0 heterocycles. The molecule has 0 aromatic heterocycles. The fraction of sp³-hybridized carbons (Fsp3) is 0.250. The van der Waals surface area contributed by atoms with Crippen LogP contribution in [0.4, 0.5) is 11.4 Å². The van der Waals surface area contributed by atoms with Crippen LogP contribution in [0.1, 0.15) is 6.92 Å². The Morgan fingerprint density at radius 1 is 1.11 bits per heavy atom. The van der Waals surface area contributed by atoms with Gasteiger partial charge in [0.25, 0.3) is 5.69 Å². The van der Waals surface area contributed by atoms with Crippen molar-refractivity contribution in [2.45, 2.75) is 6.92 Å². The van der Waals surface area contributed by atoms with Gasteiger partial charge in [-0.2, -0.15) is 0 Å². The summed E-state index contributed by atoms with van der Waals surface area (Å²) in [5.41, 5.74) is 0.314. The van der Waals surface area contributed by atoms with E-state index in [0.29, 0.717) is 23.0 Å². The number of hydrogen-bond donors (Lipinski definition) is 1. The summed E-state index contributed by atoms with van der Waals surface area (Å²) < 4.78 is 23.9. The summed E-state index contributed by atoms with van der Waals surface area (Å²) in [6, 6.07) is 7.34. The lowest BCUT2D eigenvalue weighted by Crippen LogP contribution is -2.01. The Morgan fingerprint density at radius 3 is 2.11 bits per heavy atom. The first-order chi connectivity index (χ1) is 13.2. The number of benzene rings is 2. The van der Waals surface area contributed by atoms with E-state index in [4.69, 9.17) is 39.5 Å². The van der Waals surface area contributed by atoms with Crippen molar-refractivity contribution in [3.8, 4) is 11.5 Å². The third-order valence-corrected chi connectivity index (χ3v) is 4.39. The van der Waals surface area contributed by atoms with Crippen LogP contribution >= 0.6 is 43.1 Å². The van der Waals surface area contributed by atoms with Gasteiger partial charge in [-0.1, -0.05) is 34.8 Å². The standard InChI is InChI=1S/C14H11Cl3N2O3.C2H6O3P/c1-2-18-12-7-9(3-4-13(12)19(20)21)22-14-10(16)5-8(15)6-11(14)17;1-4-6(3)5-2/h3-7,18H,2H2,1H3;1-2H3/q;+1. The van der Waals surface area contributed by atoms with E-state index in [2.05, 4.69) is 14.4 Å². The molecule has 2 rings (SSSR count). The second-order valence-electron chi connectivity index (χ2n) is 4.86. The number of rotatable bonds is 7. The molecule has 0 radical (unpaired) electrons. The maximum Gasteiger partial charge on any atom is 0.696 e. The lowest BCUT2D eigenvalue weighted by molar-refractivity contribution is -0.384. The number of nitrogens with one attached hydrogen (secondary N) is 1. The van der Waals surface area contributed by atoms with Crippen molar-refractivity contribution in [1.29, 1.82) is 0 Å². The second-order valence-corrected chi connectivity index (χ2v) is 7.28. The molecule has 1 N–H and O–H groups in total. The van der Waals surface area contributed by atoms with Crippen LogP contribution in [0.3, 0.4) is 0 Å². The van der Waals surface area contributed by atoms with Crippen LogP contribution in [0.5, 0.6) is 11.5 Å². The van der Waals surface area contributed by atoms with Gasteiger partial charge >= 0.3 is 8.25 Å². The number of ether oxygens (including phenoxy) is 1. The molecule has 0 bridgehead atoms. The molecule has 0 aliphatic heterocycles. The van der Waals surface area contributed by atoms with E-state index in [0.717, 1.165) is 0 Å². The van der Waals surface area contributed by atoms with E-state index in [9.17, 15) is 14.7 Å². The minimum Gasteiger partial charge on any atom is -0.454 e. The van der Waals surface area contributed by atoms with Crippen LogP contribution in [-0.2, 0) is 13.6 Å². The number of nitro groups is 1. The SMILES string of the molecule is CCNc1cc(Oc2c(Cl)cc(Cl)cc2Cl)ccc1[N+](=O)[O-].CO[P+](=O)OC. The second kappa shape index (κ2) is 12.0. The lowest BCUT2D eigenvalue weighted by atomic mass is 10.2. The molecular weight excluding hydrogens is 454 g/mol. The highest BCUT2D eigenvalue weighted by atomic mass is 35.5. The fourth-order valence-corrected chi connectivity index (χ4v) is 2.93. The Balaban J connectivity index is 0.000000568. The topological polar surface area (TPSA) is 99.9 Å². The summed E-state index contributed by atoms with van der Waals surface area (Å²) in [5.74, 6) is 0.608. The van der Waals surface area contributed by atoms with Crippen LogP contribution in [0, 0.1) is 10.1 Å².